The lowest BCUT2D eigenvalue weighted by molar-refractivity contribution is 0.321. The largest absolute Gasteiger partial charge is 0.493 e. The first-order chi connectivity index (χ1) is 25.4. The molecule has 8 nitrogen and oxygen atoms in total. The van der Waals surface area contributed by atoms with Gasteiger partial charge in [0.25, 0.3) is 0 Å². The molecule has 0 spiro atoms. The normalized spacial score (nSPS) is 13.0. The molecule has 0 aliphatic rings. The van der Waals surface area contributed by atoms with Gasteiger partial charge in [0.05, 0.1) is 53.1 Å². The van der Waals surface area contributed by atoms with Crippen LogP contribution in [0.15, 0.2) is 40.6 Å². The van der Waals surface area contributed by atoms with E-state index in [1.54, 1.807) is 42.6 Å². The van der Waals surface area contributed by atoms with Crippen molar-refractivity contribution >= 4 is 0 Å². The fourth-order valence-electron chi connectivity index (χ4n) is 7.35. The number of rotatable bonds is 31. The summed E-state index contributed by atoms with van der Waals surface area (Å²) in [6, 6.07) is 12.8. The molecule has 0 aliphatic heterocycles. The first kappa shape index (κ1) is 44.7. The lowest BCUT2D eigenvalue weighted by Gasteiger charge is -2.29. The van der Waals surface area contributed by atoms with Crippen LogP contribution < -0.4 is 23.7 Å². The third-order valence-electron chi connectivity index (χ3n) is 10.5. The number of benzene rings is 2. The summed E-state index contributed by atoms with van der Waals surface area (Å²) in [4.78, 5) is 0. The molecule has 8 heteroatoms. The summed E-state index contributed by atoms with van der Waals surface area (Å²) in [5.74, 6) is 3.15. The molecule has 0 aliphatic carbocycles. The molecule has 52 heavy (non-hydrogen) atoms. The number of ether oxygens (including phenoxy) is 5. The smallest absolute Gasteiger partial charge is 0.203 e. The van der Waals surface area contributed by atoms with Crippen LogP contribution in [0, 0.1) is 11.3 Å². The standard InChI is InChI=1S/C44H71N3O5/c1-8-9-10-11-12-13-14-15-16-17-18-19-20-21-22-23-30-44(35-45,37-33-41(50-5)43(52-7)42(34-37)51-6)31-24-25-38(47-46-2)28-26-36-27-29-39(48-3)40(32-36)49-4/h27,29,32-34,38H,8-26,28,30-31H2,1-7H3. The van der Waals surface area contributed by atoms with Gasteiger partial charge in [0.2, 0.25) is 5.75 Å². The Balaban J connectivity index is 1.98. The predicted octanol–water partition coefficient (Wildman–Crippen LogP) is 12.4. The second-order valence-electron chi connectivity index (χ2n) is 14.3. The Hall–Kier alpha value is -3.47. The lowest BCUT2D eigenvalue weighted by Crippen LogP contribution is -2.25. The molecule has 2 unspecified atom stereocenters. The van der Waals surface area contributed by atoms with Crippen molar-refractivity contribution in [3.63, 3.8) is 0 Å². The van der Waals surface area contributed by atoms with E-state index in [1.165, 1.54) is 95.5 Å². The third-order valence-corrected chi connectivity index (χ3v) is 10.5. The minimum atomic E-state index is -0.680. The van der Waals surface area contributed by atoms with Crippen molar-refractivity contribution in [2.45, 2.75) is 160 Å². The summed E-state index contributed by atoms with van der Waals surface area (Å²) in [5, 5.41) is 19.6. The van der Waals surface area contributed by atoms with E-state index in [4.69, 9.17) is 23.7 Å². The molecule has 2 aromatic rings. The highest BCUT2D eigenvalue weighted by Gasteiger charge is 2.34. The SMILES string of the molecule is CCCCCCCCCCCCCCCCCCC(C#N)(CCCC(CCc1ccc(OC)c(OC)c1)N=NC)c1cc(OC)c(OC)c(OC)c1. The number of unbranched alkanes of at least 4 members (excludes halogenated alkanes) is 15. The van der Waals surface area contributed by atoms with Gasteiger partial charge in [-0.3, -0.25) is 0 Å². The average molecular weight is 722 g/mol. The highest BCUT2D eigenvalue weighted by Crippen LogP contribution is 2.45. The number of methoxy groups -OCH3 is 5. The fraction of sp³-hybridized carbons (Fsp3) is 0.705. The monoisotopic (exact) mass is 722 g/mol. The molecule has 0 heterocycles. The van der Waals surface area contributed by atoms with E-state index in [2.05, 4.69) is 29.3 Å². The van der Waals surface area contributed by atoms with Gasteiger partial charge in [0, 0.05) is 7.05 Å². The Morgan fingerprint density at radius 2 is 1.10 bits per heavy atom. The molecule has 2 rings (SSSR count). The molecule has 0 aromatic heterocycles. The van der Waals surface area contributed by atoms with Crippen LogP contribution in [0.3, 0.4) is 0 Å². The maximum Gasteiger partial charge on any atom is 0.203 e. The van der Waals surface area contributed by atoms with Crippen LogP contribution in [0.1, 0.15) is 153 Å². The third kappa shape index (κ3) is 15.6. The average Bonchev–Trinajstić information content (AvgIpc) is 3.18. The highest BCUT2D eigenvalue weighted by atomic mass is 16.5. The molecule has 0 saturated carbocycles. The summed E-state index contributed by atoms with van der Waals surface area (Å²) in [6.07, 6.45) is 26.1. The topological polar surface area (TPSA) is 94.7 Å². The molecular weight excluding hydrogens is 651 g/mol. The highest BCUT2D eigenvalue weighted by molar-refractivity contribution is 5.56. The van der Waals surface area contributed by atoms with Gasteiger partial charge >= 0.3 is 0 Å². The Bertz CT molecular complexity index is 1280. The van der Waals surface area contributed by atoms with Crippen LogP contribution in [0.5, 0.6) is 28.7 Å². The van der Waals surface area contributed by atoms with E-state index >= 15 is 0 Å². The molecule has 0 N–H and O–H groups in total. The van der Waals surface area contributed by atoms with Crippen molar-refractivity contribution in [3.8, 4) is 34.8 Å². The Kier molecular flexibility index (Phi) is 23.4. The zero-order valence-corrected chi connectivity index (χ0v) is 33.9. The molecule has 0 bridgehead atoms. The zero-order chi connectivity index (χ0) is 37.9. The summed E-state index contributed by atoms with van der Waals surface area (Å²) >= 11 is 0. The van der Waals surface area contributed by atoms with Gasteiger partial charge in [-0.1, -0.05) is 116 Å². The van der Waals surface area contributed by atoms with Gasteiger partial charge in [-0.05, 0) is 73.9 Å². The molecule has 2 aromatic carbocycles. The number of azo groups is 1. The van der Waals surface area contributed by atoms with Crippen molar-refractivity contribution in [1.82, 2.24) is 0 Å². The molecule has 2 atom stereocenters. The molecule has 0 radical (unpaired) electrons. The van der Waals surface area contributed by atoms with E-state index in [0.717, 1.165) is 62.0 Å². The van der Waals surface area contributed by atoms with Crippen molar-refractivity contribution < 1.29 is 23.7 Å². The maximum atomic E-state index is 10.9. The lowest BCUT2D eigenvalue weighted by atomic mass is 9.73. The van der Waals surface area contributed by atoms with Crippen LogP contribution >= 0.6 is 0 Å². The van der Waals surface area contributed by atoms with Crippen LogP contribution in [-0.4, -0.2) is 48.6 Å². The van der Waals surface area contributed by atoms with Crippen molar-refractivity contribution in [3.05, 3.63) is 41.5 Å². The molecular formula is C44H71N3O5. The summed E-state index contributed by atoms with van der Waals surface area (Å²) in [5.41, 5.74) is 1.41. The van der Waals surface area contributed by atoms with Crippen molar-refractivity contribution in [2.24, 2.45) is 10.2 Å². The number of hydrogen-bond donors (Lipinski definition) is 0. The Labute approximate surface area is 317 Å². The Morgan fingerprint density at radius 1 is 0.596 bits per heavy atom. The summed E-state index contributed by atoms with van der Waals surface area (Å²) in [6.45, 7) is 2.28. The predicted molar refractivity (Wildman–Crippen MR) is 214 cm³/mol. The second kappa shape index (κ2) is 27.2. The van der Waals surface area contributed by atoms with Gasteiger partial charge in [-0.25, -0.2) is 0 Å². The Morgan fingerprint density at radius 3 is 1.56 bits per heavy atom. The second-order valence-corrected chi connectivity index (χ2v) is 14.3. The summed E-state index contributed by atoms with van der Waals surface area (Å²) < 4.78 is 28.0. The van der Waals surface area contributed by atoms with Crippen LogP contribution in [0.4, 0.5) is 0 Å². The van der Waals surface area contributed by atoms with E-state index in [0.29, 0.717) is 23.7 Å². The maximum absolute atomic E-state index is 10.9. The first-order valence-electron chi connectivity index (χ1n) is 20.2. The van der Waals surface area contributed by atoms with E-state index in [-0.39, 0.29) is 6.04 Å². The van der Waals surface area contributed by atoms with E-state index in [9.17, 15) is 5.26 Å². The number of nitriles is 1. The minimum Gasteiger partial charge on any atom is -0.493 e. The van der Waals surface area contributed by atoms with Gasteiger partial charge in [-0.2, -0.15) is 15.5 Å². The molecule has 0 fully saturated rings. The molecule has 292 valence electrons. The number of hydrogen-bond acceptors (Lipinski definition) is 8. The van der Waals surface area contributed by atoms with Gasteiger partial charge < -0.3 is 23.7 Å². The fourth-order valence-corrected chi connectivity index (χ4v) is 7.35. The molecule has 0 amide bonds. The number of aryl methyl sites for hydroxylation is 1. The van der Waals surface area contributed by atoms with Gasteiger partial charge in [0.15, 0.2) is 23.0 Å². The zero-order valence-electron chi connectivity index (χ0n) is 33.9. The van der Waals surface area contributed by atoms with E-state index < -0.39 is 5.41 Å². The van der Waals surface area contributed by atoms with Crippen LogP contribution in [-0.2, 0) is 11.8 Å². The quantitative estimate of drug-likeness (QED) is 0.0568. The number of nitrogens with zero attached hydrogens (tertiary/aromatic N) is 3. The van der Waals surface area contributed by atoms with Gasteiger partial charge in [0.1, 0.15) is 0 Å². The van der Waals surface area contributed by atoms with Crippen LogP contribution in [0.25, 0.3) is 0 Å². The van der Waals surface area contributed by atoms with Gasteiger partial charge in [-0.15, -0.1) is 0 Å². The van der Waals surface area contributed by atoms with Crippen molar-refractivity contribution in [2.75, 3.05) is 42.6 Å². The minimum absolute atomic E-state index is 0.0602. The molecule has 0 saturated heterocycles. The first-order valence-corrected chi connectivity index (χ1v) is 20.2. The summed E-state index contributed by atoms with van der Waals surface area (Å²) in [7, 11) is 9.90. The van der Waals surface area contributed by atoms with Crippen LogP contribution in [0.2, 0.25) is 0 Å². The van der Waals surface area contributed by atoms with Crippen molar-refractivity contribution in [1.29, 1.82) is 5.26 Å². The van der Waals surface area contributed by atoms with E-state index in [1.807, 2.05) is 24.3 Å².